The van der Waals surface area contributed by atoms with E-state index in [9.17, 15) is 48.3 Å². The van der Waals surface area contributed by atoms with Crippen molar-refractivity contribution in [2.45, 2.75) is 101 Å². The Morgan fingerprint density at radius 3 is 1.23 bits per heavy atom. The number of aliphatic hydroxyl groups is 1. The van der Waals surface area contributed by atoms with Gasteiger partial charge in [0.1, 0.15) is 48.3 Å². The van der Waals surface area contributed by atoms with Crippen LogP contribution in [-0.2, 0) is 56.0 Å². The fraction of sp³-hybridized carbons (Fsp3) is 0.477. The van der Waals surface area contributed by atoms with Gasteiger partial charge < -0.3 is 75.5 Å². The molecule has 0 radical (unpaired) electrons. The maximum Gasteiger partial charge on any atom is 0.245 e. The molecule has 390 valence electrons. The minimum Gasteiger partial charge on any atom is -0.394 e. The summed E-state index contributed by atoms with van der Waals surface area (Å²) in [4.78, 5) is 120. The molecule has 0 unspecified atom stereocenters. The highest BCUT2D eigenvalue weighted by molar-refractivity contribution is 7.80. The topological polar surface area (TPSA) is 420 Å². The second-order valence-corrected chi connectivity index (χ2v) is 16.9. The number of carbonyl (C=O) groups excluding carboxylic acids is 9. The number of amides is 9. The van der Waals surface area contributed by atoms with Crippen molar-refractivity contribution in [3.05, 3.63) is 71.8 Å². The van der Waals surface area contributed by atoms with Crippen molar-refractivity contribution in [1.29, 1.82) is 10.8 Å². The molecule has 0 fully saturated rings. The molecule has 2 aromatic rings. The summed E-state index contributed by atoms with van der Waals surface area (Å²) in [5.74, 6) is -8.34. The van der Waals surface area contributed by atoms with Gasteiger partial charge in [-0.25, -0.2) is 0 Å². The van der Waals surface area contributed by atoms with Gasteiger partial charge in [-0.1, -0.05) is 60.7 Å². The van der Waals surface area contributed by atoms with Gasteiger partial charge in [0.2, 0.25) is 53.2 Å². The number of primary amides is 1. The van der Waals surface area contributed by atoms with E-state index >= 15 is 0 Å². The van der Waals surface area contributed by atoms with Crippen LogP contribution in [0, 0.1) is 10.8 Å². The van der Waals surface area contributed by atoms with E-state index in [1.807, 2.05) is 0 Å². The monoisotopic (exact) mass is 1030 g/mol. The Kier molecular flexibility index (Phi) is 26.9. The molecule has 0 aliphatic rings. The molecule has 25 nitrogen and oxygen atoms in total. The summed E-state index contributed by atoms with van der Waals surface area (Å²) in [5.41, 5.74) is 17.3. The van der Waals surface area contributed by atoms with Crippen molar-refractivity contribution in [3.8, 4) is 0 Å². The summed E-state index contributed by atoms with van der Waals surface area (Å²) in [6.07, 6.45) is -0.0312. The standard InChI is InChI=1S/C44H67N15O10S2/c1-24(36(63)59-33(22-70)35(45)62)52-41(68)32(21-60)58-38(65)29(16-10-18-51-44(48)49)54-39(66)30(19-26-11-5-3-6-12-26)57-40(67)31(20-27-13-7-4-8-14-27)56-37(64)28(15-9-17-50-43(46)47)55-42(69)34(23-71)53-25(2)61/h3-8,11-14,24,28-34,60,70-71H,9-10,15-23H2,1-2H3,(H2,45,62)(H,52,68)(H,53,61)(H,54,66)(H,55,69)(H,56,64)(H,57,67)(H,58,65)(H,59,63)(H4,46,47,50)(H4,48,49,51)/t24-,28-,29-,30-,31-,32-,33-,34-/m0/s1. The van der Waals surface area contributed by atoms with Crippen LogP contribution in [0.1, 0.15) is 50.7 Å². The van der Waals surface area contributed by atoms with Crippen LogP contribution < -0.4 is 70.4 Å². The van der Waals surface area contributed by atoms with E-state index in [1.54, 1.807) is 60.7 Å². The maximum atomic E-state index is 14.5. The van der Waals surface area contributed by atoms with Gasteiger partial charge in [0.25, 0.3) is 0 Å². The zero-order valence-electron chi connectivity index (χ0n) is 39.4. The van der Waals surface area contributed by atoms with Gasteiger partial charge in [0, 0.05) is 44.4 Å². The molecule has 0 aliphatic heterocycles. The predicted molar refractivity (Wildman–Crippen MR) is 269 cm³/mol. The minimum absolute atomic E-state index is 0.0116. The lowest BCUT2D eigenvalue weighted by Crippen LogP contribution is -2.61. The number of rotatable bonds is 31. The number of hydrogen-bond acceptors (Lipinski definition) is 14. The second kappa shape index (κ2) is 31.9. The van der Waals surface area contributed by atoms with E-state index in [1.165, 1.54) is 13.8 Å². The summed E-state index contributed by atoms with van der Waals surface area (Å²) >= 11 is 8.13. The molecule has 0 bridgehead atoms. The third-order valence-corrected chi connectivity index (χ3v) is 11.1. The first-order valence-electron chi connectivity index (χ1n) is 22.4. The predicted octanol–water partition coefficient (Wildman–Crippen LogP) is -4.75. The molecular formula is C44H67N15O10S2. The van der Waals surface area contributed by atoms with E-state index in [0.717, 1.165) is 0 Å². The summed E-state index contributed by atoms with van der Waals surface area (Å²) in [5, 5.41) is 50.5. The first kappa shape index (κ1) is 60.0. The molecule has 71 heavy (non-hydrogen) atoms. The number of carbonyl (C=O) groups is 9. The van der Waals surface area contributed by atoms with Crippen molar-refractivity contribution >= 4 is 90.3 Å². The Hall–Kier alpha value is -7.13. The van der Waals surface area contributed by atoms with E-state index in [2.05, 4.69) is 78.4 Å². The molecule has 0 saturated carbocycles. The van der Waals surface area contributed by atoms with Crippen molar-refractivity contribution in [2.75, 3.05) is 31.2 Å². The highest BCUT2D eigenvalue weighted by Crippen LogP contribution is 2.10. The molecule has 0 aromatic heterocycles. The third kappa shape index (κ3) is 22.9. The van der Waals surface area contributed by atoms with Gasteiger partial charge in [-0.05, 0) is 43.7 Å². The van der Waals surface area contributed by atoms with Gasteiger partial charge in [-0.2, -0.15) is 25.3 Å². The minimum atomic E-state index is -1.65. The van der Waals surface area contributed by atoms with Crippen LogP contribution in [0.2, 0.25) is 0 Å². The molecule has 27 heteroatoms. The largest absolute Gasteiger partial charge is 0.394 e. The van der Waals surface area contributed by atoms with E-state index < -0.39 is 108 Å². The number of benzene rings is 2. The average molecular weight is 1030 g/mol. The van der Waals surface area contributed by atoms with Crippen molar-refractivity contribution in [3.63, 3.8) is 0 Å². The normalized spacial score (nSPS) is 14.1. The van der Waals surface area contributed by atoms with Gasteiger partial charge in [-0.15, -0.1) is 0 Å². The fourth-order valence-electron chi connectivity index (χ4n) is 6.59. The van der Waals surface area contributed by atoms with E-state index in [0.29, 0.717) is 11.1 Å². The third-order valence-electron chi connectivity index (χ3n) is 10.4. The van der Waals surface area contributed by atoms with Crippen LogP contribution in [-0.4, -0.2) is 150 Å². The van der Waals surface area contributed by atoms with E-state index in [4.69, 9.17) is 28.0 Å². The lowest BCUT2D eigenvalue weighted by molar-refractivity contribution is -0.136. The van der Waals surface area contributed by atoms with E-state index in [-0.39, 0.29) is 75.0 Å². The molecular weight excluding hydrogens is 963 g/mol. The SMILES string of the molecule is CC(=O)N[C@@H](CS)C(=O)N[C@@H](CCCNC(=N)N)C(=O)N[C@@H](Cc1ccccc1)C(=O)N[C@@H](Cc1ccccc1)C(=O)N[C@@H](CCCNC(=N)N)C(=O)N[C@@H](CO)C(=O)N[C@@H](C)C(=O)N[C@@H](CS)C(N)=O. The van der Waals surface area contributed by atoms with Gasteiger partial charge in [0.15, 0.2) is 11.9 Å². The van der Waals surface area contributed by atoms with Crippen molar-refractivity contribution in [2.24, 2.45) is 17.2 Å². The molecule has 0 spiro atoms. The number of guanidine groups is 2. The highest BCUT2D eigenvalue weighted by Gasteiger charge is 2.34. The lowest BCUT2D eigenvalue weighted by atomic mass is 10.0. The summed E-state index contributed by atoms with van der Waals surface area (Å²) in [6, 6.07) is 6.39. The Bertz CT molecular complexity index is 2140. The average Bonchev–Trinajstić information content (AvgIpc) is 3.32. The number of nitrogens with one attached hydrogen (secondary N) is 12. The first-order chi connectivity index (χ1) is 33.7. The summed E-state index contributed by atoms with van der Waals surface area (Å²) in [6.45, 7) is 1.76. The van der Waals surface area contributed by atoms with Crippen LogP contribution in [0.15, 0.2) is 60.7 Å². The zero-order valence-corrected chi connectivity index (χ0v) is 41.2. The van der Waals surface area contributed by atoms with Crippen LogP contribution in [0.3, 0.4) is 0 Å². The van der Waals surface area contributed by atoms with Gasteiger partial charge in [0.05, 0.1) is 6.61 Å². The maximum absolute atomic E-state index is 14.5. The lowest BCUT2D eigenvalue weighted by Gasteiger charge is -2.28. The van der Waals surface area contributed by atoms with Gasteiger partial charge in [-0.3, -0.25) is 54.0 Å². The quantitative estimate of drug-likeness (QED) is 0.0146. The van der Waals surface area contributed by atoms with Crippen LogP contribution in [0.25, 0.3) is 0 Å². The molecule has 19 N–H and O–H groups in total. The first-order valence-corrected chi connectivity index (χ1v) is 23.7. The van der Waals surface area contributed by atoms with Crippen LogP contribution in [0.5, 0.6) is 0 Å². The smallest absolute Gasteiger partial charge is 0.245 e. The second-order valence-electron chi connectivity index (χ2n) is 16.1. The van der Waals surface area contributed by atoms with Crippen molar-refractivity contribution in [1.82, 2.24) is 53.2 Å². The van der Waals surface area contributed by atoms with Crippen LogP contribution in [0.4, 0.5) is 0 Å². The molecule has 2 rings (SSSR count). The Morgan fingerprint density at radius 2 is 0.859 bits per heavy atom. The summed E-state index contributed by atoms with van der Waals surface area (Å²) in [7, 11) is 0. The Balaban J connectivity index is 2.50. The highest BCUT2D eigenvalue weighted by atomic mass is 32.1. The zero-order chi connectivity index (χ0) is 53.0. The van der Waals surface area contributed by atoms with Crippen molar-refractivity contribution < 1.29 is 48.3 Å². The van der Waals surface area contributed by atoms with Gasteiger partial charge >= 0.3 is 0 Å². The number of thiol groups is 2. The number of hydrogen-bond donors (Lipinski definition) is 18. The summed E-state index contributed by atoms with van der Waals surface area (Å²) < 4.78 is 0. The molecule has 0 saturated heterocycles. The molecule has 0 heterocycles. The number of aliphatic hydroxyl groups excluding tert-OH is 1. The van der Waals surface area contributed by atoms with Crippen LogP contribution >= 0.6 is 25.3 Å². The molecule has 2 aromatic carbocycles. The molecule has 8 atom stereocenters. The Morgan fingerprint density at radius 1 is 0.507 bits per heavy atom. The molecule has 9 amide bonds. The molecule has 0 aliphatic carbocycles. The number of nitrogens with two attached hydrogens (primary N) is 3. The Labute approximate surface area is 422 Å². The fourth-order valence-corrected chi connectivity index (χ4v) is 7.12.